The zero-order valence-electron chi connectivity index (χ0n) is 16.4. The number of hydrogen-bond acceptors (Lipinski definition) is 3. The number of nitrogens with zero attached hydrogens (tertiary/aromatic N) is 3. The van der Waals surface area contributed by atoms with Gasteiger partial charge in [0.2, 0.25) is 5.91 Å². The average molecular weight is 397 g/mol. The van der Waals surface area contributed by atoms with E-state index in [1.165, 1.54) is 5.56 Å². The van der Waals surface area contributed by atoms with Gasteiger partial charge < -0.3 is 10.6 Å². The number of fused-ring (bicyclic) bond motifs is 1. The number of aromatic nitrogens is 2. The Morgan fingerprint density at radius 1 is 1.18 bits per heavy atom. The van der Waals surface area contributed by atoms with Gasteiger partial charge in [0.1, 0.15) is 0 Å². The second-order valence-electron chi connectivity index (χ2n) is 7.01. The molecule has 0 unspecified atom stereocenters. The summed E-state index contributed by atoms with van der Waals surface area (Å²) in [6.45, 7) is 3.75. The van der Waals surface area contributed by atoms with Gasteiger partial charge in [0.05, 0.1) is 5.69 Å². The van der Waals surface area contributed by atoms with E-state index in [0.717, 1.165) is 40.5 Å². The molecule has 3 aromatic rings. The van der Waals surface area contributed by atoms with Crippen LogP contribution in [-0.2, 0) is 18.3 Å². The van der Waals surface area contributed by atoms with Crippen LogP contribution in [0.15, 0.2) is 54.7 Å². The number of carbonyl (C=O) groups excluding carboxylic acids is 1. The summed E-state index contributed by atoms with van der Waals surface area (Å²) in [5, 5.41) is 4.93. The first-order valence-electron chi connectivity index (χ1n) is 9.29. The lowest BCUT2D eigenvalue weighted by Gasteiger charge is -2.34. The van der Waals surface area contributed by atoms with Crippen LogP contribution in [0.4, 0.5) is 11.4 Å². The Kier molecular flexibility index (Phi) is 6.05. The molecule has 28 heavy (non-hydrogen) atoms. The number of hydrogen-bond donors (Lipinski definition) is 1. The second-order valence-corrected chi connectivity index (χ2v) is 7.45. The molecule has 1 aromatic heterocycles. The van der Waals surface area contributed by atoms with Crippen molar-refractivity contribution in [1.29, 1.82) is 0 Å². The number of aryl methyl sites for hydroxylation is 2. The molecule has 146 valence electrons. The summed E-state index contributed by atoms with van der Waals surface area (Å²) in [5.41, 5.74) is 10.7. The molecule has 0 fully saturated rings. The predicted octanol–water partition coefficient (Wildman–Crippen LogP) is 4.70. The van der Waals surface area contributed by atoms with Crippen LogP contribution in [0.1, 0.15) is 25.8 Å². The number of nitrogens with two attached hydrogens (primary N) is 1. The van der Waals surface area contributed by atoms with E-state index < -0.39 is 0 Å². The molecule has 2 heterocycles. The van der Waals surface area contributed by atoms with Gasteiger partial charge in [-0.3, -0.25) is 9.48 Å². The first-order chi connectivity index (χ1) is 13.4. The van der Waals surface area contributed by atoms with Crippen LogP contribution >= 0.6 is 11.6 Å². The molecule has 1 atom stereocenters. The van der Waals surface area contributed by atoms with Crippen molar-refractivity contribution in [3.8, 4) is 11.3 Å². The van der Waals surface area contributed by atoms with E-state index in [9.17, 15) is 4.79 Å². The Hall–Kier alpha value is -2.79. The highest BCUT2D eigenvalue weighted by Gasteiger charge is 2.26. The minimum Gasteiger partial charge on any atom is -0.399 e. The largest absolute Gasteiger partial charge is 0.399 e. The summed E-state index contributed by atoms with van der Waals surface area (Å²) in [7, 11) is 1.94. The van der Waals surface area contributed by atoms with Crippen LogP contribution in [0, 0.1) is 0 Å². The maximum atomic E-state index is 11.9. The van der Waals surface area contributed by atoms with Crippen molar-refractivity contribution in [3.63, 3.8) is 0 Å². The maximum Gasteiger partial charge on any atom is 0.224 e. The third-order valence-electron chi connectivity index (χ3n) is 4.94. The Morgan fingerprint density at radius 3 is 2.46 bits per heavy atom. The van der Waals surface area contributed by atoms with Gasteiger partial charge in [-0.1, -0.05) is 17.7 Å². The van der Waals surface area contributed by atoms with Gasteiger partial charge in [0.15, 0.2) is 0 Å². The molecular formula is C22H25ClN4O. The lowest BCUT2D eigenvalue weighted by Crippen LogP contribution is -2.40. The Bertz CT molecular complexity index is 944. The highest BCUT2D eigenvalue weighted by atomic mass is 35.5. The minimum absolute atomic E-state index is 0.117. The van der Waals surface area contributed by atoms with E-state index >= 15 is 0 Å². The van der Waals surface area contributed by atoms with E-state index in [1.54, 1.807) is 37.4 Å². The van der Waals surface area contributed by atoms with Crippen LogP contribution in [-0.4, -0.2) is 21.7 Å². The number of nitrogen functional groups attached to an aromatic ring is 1. The van der Waals surface area contributed by atoms with Gasteiger partial charge >= 0.3 is 0 Å². The topological polar surface area (TPSA) is 64.2 Å². The van der Waals surface area contributed by atoms with Crippen molar-refractivity contribution in [2.24, 2.45) is 7.05 Å². The van der Waals surface area contributed by atoms with E-state index in [0.29, 0.717) is 0 Å². The molecule has 0 aliphatic carbocycles. The van der Waals surface area contributed by atoms with Gasteiger partial charge in [0.25, 0.3) is 0 Å². The zero-order chi connectivity index (χ0) is 20.3. The van der Waals surface area contributed by atoms with Crippen molar-refractivity contribution >= 4 is 28.9 Å². The molecule has 0 bridgehead atoms. The van der Waals surface area contributed by atoms with Crippen molar-refractivity contribution in [2.45, 2.75) is 32.7 Å². The fourth-order valence-electron chi connectivity index (χ4n) is 3.51. The van der Waals surface area contributed by atoms with Crippen molar-refractivity contribution in [3.05, 3.63) is 65.3 Å². The average Bonchev–Trinajstić information content (AvgIpc) is 3.10. The Labute approximate surface area is 170 Å². The third-order valence-corrected chi connectivity index (χ3v) is 5.19. The van der Waals surface area contributed by atoms with Gasteiger partial charge in [-0.15, -0.1) is 0 Å². The zero-order valence-corrected chi connectivity index (χ0v) is 17.1. The predicted molar refractivity (Wildman–Crippen MR) is 115 cm³/mol. The maximum absolute atomic E-state index is 11.9. The third kappa shape index (κ3) is 4.37. The molecule has 5 nitrogen and oxygen atoms in total. The molecule has 1 aliphatic rings. The first-order valence-corrected chi connectivity index (χ1v) is 9.66. The fraction of sp³-hybridized carbons (Fsp3) is 0.273. The summed E-state index contributed by atoms with van der Waals surface area (Å²) in [6, 6.07) is 15.7. The highest BCUT2D eigenvalue weighted by Crippen LogP contribution is 2.34. The fourth-order valence-corrected chi connectivity index (χ4v) is 3.64. The van der Waals surface area contributed by atoms with Crippen LogP contribution in [0.25, 0.3) is 11.3 Å². The number of anilines is 2. The molecule has 2 N–H and O–H groups in total. The summed E-state index contributed by atoms with van der Waals surface area (Å²) in [5.74, 6) is 0.117. The standard InChI is InChI=1S/C16H19N3O.C6H6ClN/c1-11-4-5-14-10-13(15-8-9-17-18(15)3)6-7-16(14)19(11)12(2)20;7-5-1-3-6(8)4-2-5/h6-11H,4-5H2,1-3H3;1-4H,8H2/t11-;/m0./s1. The van der Waals surface area contributed by atoms with Crippen molar-refractivity contribution < 1.29 is 4.79 Å². The molecule has 2 aromatic carbocycles. The van der Waals surface area contributed by atoms with E-state index in [4.69, 9.17) is 17.3 Å². The molecule has 0 saturated heterocycles. The van der Waals surface area contributed by atoms with Gasteiger partial charge in [-0.05, 0) is 67.8 Å². The van der Waals surface area contributed by atoms with Crippen molar-refractivity contribution in [2.75, 3.05) is 10.6 Å². The van der Waals surface area contributed by atoms with E-state index in [-0.39, 0.29) is 11.9 Å². The number of amides is 1. The number of halogens is 1. The monoisotopic (exact) mass is 396 g/mol. The van der Waals surface area contributed by atoms with Crippen LogP contribution in [0.5, 0.6) is 0 Å². The SMILES string of the molecule is CC(=O)N1c2ccc(-c3ccnn3C)cc2CC[C@@H]1C.Nc1ccc(Cl)cc1. The first kappa shape index (κ1) is 20.0. The second kappa shape index (κ2) is 8.48. The van der Waals surface area contributed by atoms with Crippen LogP contribution < -0.4 is 10.6 Å². The van der Waals surface area contributed by atoms with Crippen molar-refractivity contribution in [1.82, 2.24) is 9.78 Å². The molecule has 4 rings (SSSR count). The van der Waals surface area contributed by atoms with Gasteiger partial charge in [-0.2, -0.15) is 5.10 Å². The number of rotatable bonds is 1. The molecule has 0 saturated carbocycles. The highest BCUT2D eigenvalue weighted by molar-refractivity contribution is 6.30. The van der Waals surface area contributed by atoms with E-state index in [2.05, 4.69) is 30.2 Å². The number of benzene rings is 2. The van der Waals surface area contributed by atoms with Crippen LogP contribution in [0.2, 0.25) is 5.02 Å². The number of carbonyl (C=O) groups is 1. The smallest absolute Gasteiger partial charge is 0.224 e. The molecule has 6 heteroatoms. The molecule has 0 radical (unpaired) electrons. The lowest BCUT2D eigenvalue weighted by atomic mass is 9.94. The minimum atomic E-state index is 0.117. The summed E-state index contributed by atoms with van der Waals surface area (Å²) >= 11 is 5.56. The normalized spacial score (nSPS) is 15.4. The summed E-state index contributed by atoms with van der Waals surface area (Å²) in [6.07, 6.45) is 3.84. The summed E-state index contributed by atoms with van der Waals surface area (Å²) < 4.78 is 1.87. The Morgan fingerprint density at radius 2 is 1.89 bits per heavy atom. The Balaban J connectivity index is 0.000000236. The molecule has 1 amide bonds. The molecule has 0 spiro atoms. The van der Waals surface area contributed by atoms with Crippen LogP contribution in [0.3, 0.4) is 0 Å². The van der Waals surface area contributed by atoms with E-state index in [1.807, 2.05) is 22.7 Å². The van der Waals surface area contributed by atoms with Gasteiger partial charge in [-0.25, -0.2) is 0 Å². The lowest BCUT2D eigenvalue weighted by molar-refractivity contribution is -0.117. The quantitative estimate of drug-likeness (QED) is 0.606. The summed E-state index contributed by atoms with van der Waals surface area (Å²) in [4.78, 5) is 13.8. The molecular weight excluding hydrogens is 372 g/mol. The van der Waals surface area contributed by atoms with Gasteiger partial charge in [0, 0.05) is 48.2 Å². The molecule has 1 aliphatic heterocycles.